The number of imidazole rings is 1. The number of nitrogens with zero attached hydrogens (tertiary/aromatic N) is 2. The third kappa shape index (κ3) is 3.88. The zero-order valence-corrected chi connectivity index (χ0v) is 14.3. The molecule has 3 rings (SSSR count). The maximum atomic E-state index is 12.5. The standard InChI is InChI=1S/C18H21N5O2/c1-12-10-20-15(21-12)8-9-19-16-13(2)17(24)23(18(25)22-16)11-14-6-4-3-5-7-14/h3-7,10,19H,8-9,11H2,1-2H3,(H,20,21)(H,22,25). The van der Waals surface area contributed by atoms with Gasteiger partial charge in [0.1, 0.15) is 11.6 Å². The van der Waals surface area contributed by atoms with E-state index in [0.29, 0.717) is 24.3 Å². The minimum absolute atomic E-state index is 0.252. The first-order chi connectivity index (χ1) is 12.0. The molecule has 0 saturated heterocycles. The fourth-order valence-electron chi connectivity index (χ4n) is 2.66. The van der Waals surface area contributed by atoms with Gasteiger partial charge in [-0.2, -0.15) is 0 Å². The predicted octanol–water partition coefficient (Wildman–Crippen LogP) is 1.58. The molecule has 3 aromatic rings. The number of aromatic amines is 2. The number of nitrogens with one attached hydrogen (secondary N) is 3. The van der Waals surface area contributed by atoms with E-state index in [9.17, 15) is 9.59 Å². The zero-order chi connectivity index (χ0) is 17.8. The van der Waals surface area contributed by atoms with E-state index in [1.807, 2.05) is 43.5 Å². The van der Waals surface area contributed by atoms with Crippen LogP contribution in [-0.2, 0) is 13.0 Å². The van der Waals surface area contributed by atoms with Gasteiger partial charge in [-0.25, -0.2) is 9.78 Å². The molecule has 0 aliphatic heterocycles. The number of rotatable bonds is 6. The van der Waals surface area contributed by atoms with E-state index in [4.69, 9.17) is 0 Å². The van der Waals surface area contributed by atoms with Crippen molar-refractivity contribution in [2.24, 2.45) is 0 Å². The number of hydrogen-bond donors (Lipinski definition) is 3. The van der Waals surface area contributed by atoms with Crippen LogP contribution in [0.2, 0.25) is 0 Å². The molecular formula is C18H21N5O2. The van der Waals surface area contributed by atoms with Gasteiger partial charge in [-0.1, -0.05) is 30.3 Å². The lowest BCUT2D eigenvalue weighted by molar-refractivity contribution is 0.692. The van der Waals surface area contributed by atoms with Crippen molar-refractivity contribution < 1.29 is 0 Å². The molecule has 1 aromatic carbocycles. The summed E-state index contributed by atoms with van der Waals surface area (Å²) in [4.78, 5) is 35.0. The molecule has 0 aliphatic rings. The fraction of sp³-hybridized carbons (Fsp3) is 0.278. The highest BCUT2D eigenvalue weighted by Crippen LogP contribution is 2.05. The van der Waals surface area contributed by atoms with Gasteiger partial charge in [-0.05, 0) is 19.4 Å². The van der Waals surface area contributed by atoms with E-state index in [1.165, 1.54) is 4.57 Å². The topological polar surface area (TPSA) is 95.6 Å². The molecule has 2 heterocycles. The molecule has 25 heavy (non-hydrogen) atoms. The Balaban J connectivity index is 1.75. The Labute approximate surface area is 144 Å². The Hall–Kier alpha value is -3.09. The van der Waals surface area contributed by atoms with Gasteiger partial charge in [0.05, 0.1) is 17.8 Å². The third-order valence-electron chi connectivity index (χ3n) is 4.02. The number of aryl methyl sites for hydroxylation is 1. The summed E-state index contributed by atoms with van der Waals surface area (Å²) in [6, 6.07) is 9.44. The Morgan fingerprint density at radius 2 is 1.92 bits per heavy atom. The summed E-state index contributed by atoms with van der Waals surface area (Å²) in [6.07, 6.45) is 2.51. The molecule has 0 aliphatic carbocycles. The van der Waals surface area contributed by atoms with Crippen LogP contribution in [0.1, 0.15) is 22.6 Å². The summed E-state index contributed by atoms with van der Waals surface area (Å²) in [5.74, 6) is 1.32. The van der Waals surface area contributed by atoms with Crippen molar-refractivity contribution in [2.45, 2.75) is 26.8 Å². The fourth-order valence-corrected chi connectivity index (χ4v) is 2.66. The Morgan fingerprint density at radius 1 is 1.16 bits per heavy atom. The zero-order valence-electron chi connectivity index (χ0n) is 14.3. The van der Waals surface area contributed by atoms with E-state index < -0.39 is 5.69 Å². The molecule has 0 spiro atoms. The Bertz CT molecular complexity index is 969. The van der Waals surface area contributed by atoms with Crippen LogP contribution in [0, 0.1) is 13.8 Å². The quantitative estimate of drug-likeness (QED) is 0.635. The van der Waals surface area contributed by atoms with Gasteiger partial charge in [-0.3, -0.25) is 14.3 Å². The van der Waals surface area contributed by atoms with Gasteiger partial charge in [0.2, 0.25) is 0 Å². The van der Waals surface area contributed by atoms with Gasteiger partial charge in [0.15, 0.2) is 0 Å². The number of H-pyrrole nitrogens is 2. The highest BCUT2D eigenvalue weighted by atomic mass is 16.2. The normalized spacial score (nSPS) is 10.8. The maximum Gasteiger partial charge on any atom is 0.330 e. The molecule has 2 aromatic heterocycles. The molecule has 7 heteroatoms. The summed E-state index contributed by atoms with van der Waals surface area (Å²) >= 11 is 0. The Morgan fingerprint density at radius 3 is 2.60 bits per heavy atom. The van der Waals surface area contributed by atoms with Crippen LogP contribution >= 0.6 is 0 Å². The van der Waals surface area contributed by atoms with Gasteiger partial charge < -0.3 is 10.3 Å². The number of benzene rings is 1. The average Bonchev–Trinajstić information content (AvgIpc) is 3.02. The summed E-state index contributed by atoms with van der Waals surface area (Å²) in [7, 11) is 0. The van der Waals surface area contributed by atoms with Crippen LogP contribution in [0.3, 0.4) is 0 Å². The van der Waals surface area contributed by atoms with Crippen LogP contribution in [-0.4, -0.2) is 26.1 Å². The molecule has 7 nitrogen and oxygen atoms in total. The smallest absolute Gasteiger partial charge is 0.330 e. The average molecular weight is 339 g/mol. The minimum Gasteiger partial charge on any atom is -0.371 e. The lowest BCUT2D eigenvalue weighted by Gasteiger charge is -2.11. The largest absolute Gasteiger partial charge is 0.371 e. The van der Waals surface area contributed by atoms with Gasteiger partial charge in [0.25, 0.3) is 5.56 Å². The molecule has 130 valence electrons. The second-order valence-corrected chi connectivity index (χ2v) is 5.97. The SMILES string of the molecule is Cc1c[nH]c(CCNc2[nH]c(=O)n(Cc3ccccc3)c(=O)c2C)n1. The summed E-state index contributed by atoms with van der Waals surface area (Å²) in [5.41, 5.74) is 1.62. The van der Waals surface area contributed by atoms with Crippen molar-refractivity contribution in [3.05, 3.63) is 80.0 Å². The van der Waals surface area contributed by atoms with E-state index in [0.717, 1.165) is 17.1 Å². The molecule has 0 bridgehead atoms. The summed E-state index contributed by atoms with van der Waals surface area (Å²) < 4.78 is 1.21. The van der Waals surface area contributed by atoms with Crippen LogP contribution in [0.4, 0.5) is 5.82 Å². The van der Waals surface area contributed by atoms with Gasteiger partial charge in [-0.15, -0.1) is 0 Å². The summed E-state index contributed by atoms with van der Waals surface area (Å²) in [5, 5.41) is 3.11. The summed E-state index contributed by atoms with van der Waals surface area (Å²) in [6.45, 7) is 4.44. The van der Waals surface area contributed by atoms with Crippen LogP contribution < -0.4 is 16.6 Å². The first kappa shape index (κ1) is 16.8. The molecule has 0 fully saturated rings. The minimum atomic E-state index is -0.421. The molecular weight excluding hydrogens is 318 g/mol. The second-order valence-electron chi connectivity index (χ2n) is 5.97. The third-order valence-corrected chi connectivity index (χ3v) is 4.02. The van der Waals surface area contributed by atoms with Crippen molar-refractivity contribution in [3.8, 4) is 0 Å². The van der Waals surface area contributed by atoms with Crippen LogP contribution in [0.15, 0.2) is 46.1 Å². The first-order valence-corrected chi connectivity index (χ1v) is 8.17. The highest BCUT2D eigenvalue weighted by Gasteiger charge is 2.10. The molecule has 0 amide bonds. The second kappa shape index (κ2) is 7.21. The molecule has 0 unspecified atom stereocenters. The molecule has 0 radical (unpaired) electrons. The van der Waals surface area contributed by atoms with E-state index in [-0.39, 0.29) is 12.1 Å². The molecule has 0 saturated carbocycles. The van der Waals surface area contributed by atoms with Crippen LogP contribution in [0.5, 0.6) is 0 Å². The molecule has 0 atom stereocenters. The van der Waals surface area contributed by atoms with Crippen molar-refractivity contribution >= 4 is 5.82 Å². The lowest BCUT2D eigenvalue weighted by atomic mass is 10.2. The highest BCUT2D eigenvalue weighted by molar-refractivity contribution is 5.41. The van der Waals surface area contributed by atoms with Gasteiger partial charge >= 0.3 is 5.69 Å². The predicted molar refractivity (Wildman–Crippen MR) is 97.1 cm³/mol. The maximum absolute atomic E-state index is 12.5. The Kier molecular flexibility index (Phi) is 4.83. The number of hydrogen-bond acceptors (Lipinski definition) is 4. The number of anilines is 1. The van der Waals surface area contributed by atoms with Crippen molar-refractivity contribution in [1.82, 2.24) is 19.5 Å². The first-order valence-electron chi connectivity index (χ1n) is 8.17. The lowest BCUT2D eigenvalue weighted by Crippen LogP contribution is -2.37. The van der Waals surface area contributed by atoms with Crippen molar-refractivity contribution in [3.63, 3.8) is 0 Å². The van der Waals surface area contributed by atoms with Crippen molar-refractivity contribution in [2.75, 3.05) is 11.9 Å². The van der Waals surface area contributed by atoms with E-state index >= 15 is 0 Å². The van der Waals surface area contributed by atoms with Crippen LogP contribution in [0.25, 0.3) is 0 Å². The van der Waals surface area contributed by atoms with Gasteiger partial charge in [0, 0.05) is 19.2 Å². The van der Waals surface area contributed by atoms with E-state index in [2.05, 4.69) is 20.3 Å². The molecule has 3 N–H and O–H groups in total. The van der Waals surface area contributed by atoms with E-state index in [1.54, 1.807) is 6.92 Å². The van der Waals surface area contributed by atoms with Crippen molar-refractivity contribution in [1.29, 1.82) is 0 Å². The monoisotopic (exact) mass is 339 g/mol. The number of aromatic nitrogens is 4.